The van der Waals surface area contributed by atoms with Crippen LogP contribution in [0.5, 0.6) is 0 Å². The van der Waals surface area contributed by atoms with Gasteiger partial charge >= 0.3 is 0 Å². The minimum atomic E-state index is -3.70. The van der Waals surface area contributed by atoms with Gasteiger partial charge in [0.2, 0.25) is 5.91 Å². The molecule has 1 aliphatic rings. The summed E-state index contributed by atoms with van der Waals surface area (Å²) in [6, 6.07) is 0. The number of fused-ring (bicyclic) bond motifs is 1. The first kappa shape index (κ1) is 30.1. The monoisotopic (exact) mass is 555 g/mol. The van der Waals surface area contributed by atoms with Crippen molar-refractivity contribution in [3.8, 4) is 11.1 Å². The third-order valence-electron chi connectivity index (χ3n) is 7.41. The summed E-state index contributed by atoms with van der Waals surface area (Å²) in [7, 11) is -3.70. The van der Waals surface area contributed by atoms with Crippen LogP contribution < -0.4 is 11.5 Å². The molecular weight excluding hydrogens is 514 g/mol. The molecule has 0 aliphatic heterocycles. The zero-order valence-corrected chi connectivity index (χ0v) is 24.6. The number of hydrogen-bond acceptors (Lipinski definition) is 7. The lowest BCUT2D eigenvalue weighted by Crippen LogP contribution is -2.40. The molecule has 1 fully saturated rings. The lowest BCUT2D eigenvalue weighted by molar-refractivity contribution is -0.130. The molecule has 1 saturated carbocycles. The second-order valence-electron chi connectivity index (χ2n) is 9.83. The molecule has 0 saturated heterocycles. The van der Waals surface area contributed by atoms with Gasteiger partial charge in [-0.15, -0.1) is 0 Å². The van der Waals surface area contributed by atoms with Crippen molar-refractivity contribution in [1.29, 1.82) is 0 Å². The molecule has 3 aromatic rings. The third-order valence-corrected chi connectivity index (χ3v) is 8.57. The van der Waals surface area contributed by atoms with E-state index in [1.54, 1.807) is 17.1 Å². The number of allylic oxidation sites excluding steroid dienone is 4. The van der Waals surface area contributed by atoms with E-state index in [1.807, 2.05) is 59.0 Å². The number of primary amides is 1. The van der Waals surface area contributed by atoms with Gasteiger partial charge in [0.05, 0.1) is 23.8 Å². The largest absolute Gasteiger partial charge is 0.382 e. The molecule has 3 aromatic heterocycles. The lowest BCUT2D eigenvalue weighted by Gasteiger charge is -2.38. The van der Waals surface area contributed by atoms with E-state index >= 15 is 0 Å². The van der Waals surface area contributed by atoms with E-state index < -0.39 is 15.3 Å². The van der Waals surface area contributed by atoms with E-state index in [-0.39, 0.29) is 22.5 Å². The zero-order valence-electron chi connectivity index (χ0n) is 23.8. The number of nitrogens with zero attached hydrogens (tertiary/aromatic N) is 5. The van der Waals surface area contributed by atoms with Gasteiger partial charge in [0, 0.05) is 34.9 Å². The Kier molecular flexibility index (Phi) is 9.37. The molecule has 0 atom stereocenters. The van der Waals surface area contributed by atoms with Crippen LogP contribution in [0.3, 0.4) is 0 Å². The third kappa shape index (κ3) is 5.78. The number of anilines is 1. The maximum Gasteiger partial charge on any atom is 0.223 e. The minimum absolute atomic E-state index is 0.00157. The fourth-order valence-electron chi connectivity index (χ4n) is 5.50. The van der Waals surface area contributed by atoms with Gasteiger partial charge in [-0.2, -0.15) is 14.7 Å². The van der Waals surface area contributed by atoms with Crippen LogP contribution in [-0.4, -0.2) is 45.0 Å². The zero-order chi connectivity index (χ0) is 29.0. The Hall–Kier alpha value is -3.47. The fraction of sp³-hybridized carbons (Fsp3) is 0.500. The molecule has 3 heterocycles. The number of amides is 1. The number of carbonyl (C=O) groups excluding carboxylic acids is 1. The van der Waals surface area contributed by atoms with Crippen molar-refractivity contribution in [1.82, 2.24) is 24.4 Å². The predicted molar refractivity (Wildman–Crippen MR) is 156 cm³/mol. The van der Waals surface area contributed by atoms with Crippen molar-refractivity contribution in [2.45, 2.75) is 84.0 Å². The number of hydrogen-bond donors (Lipinski definition) is 2. The summed E-state index contributed by atoms with van der Waals surface area (Å²) in [6.07, 6.45) is 16.2. The Morgan fingerprint density at radius 1 is 1.18 bits per heavy atom. The highest BCUT2D eigenvalue weighted by Gasteiger charge is 2.41. The van der Waals surface area contributed by atoms with Crippen LogP contribution in [0.25, 0.3) is 22.5 Å². The van der Waals surface area contributed by atoms with Gasteiger partial charge in [0.25, 0.3) is 0 Å². The van der Waals surface area contributed by atoms with Crippen LogP contribution in [0.4, 0.5) is 5.82 Å². The van der Waals surface area contributed by atoms with E-state index in [4.69, 9.17) is 16.5 Å². The first-order chi connectivity index (χ1) is 18.6. The minimum Gasteiger partial charge on any atom is -0.382 e. The van der Waals surface area contributed by atoms with Gasteiger partial charge in [-0.25, -0.2) is 18.1 Å². The quantitative estimate of drug-likeness (QED) is 0.372. The number of sulfone groups is 1. The average Bonchev–Trinajstić information content (AvgIpc) is 3.55. The molecule has 212 valence electrons. The van der Waals surface area contributed by atoms with Crippen molar-refractivity contribution in [3.63, 3.8) is 0 Å². The Labute approximate surface area is 231 Å². The van der Waals surface area contributed by atoms with E-state index in [2.05, 4.69) is 10.2 Å². The molecule has 10 nitrogen and oxygen atoms in total. The smallest absolute Gasteiger partial charge is 0.223 e. The molecule has 39 heavy (non-hydrogen) atoms. The summed E-state index contributed by atoms with van der Waals surface area (Å²) >= 11 is 0. The van der Waals surface area contributed by atoms with Crippen LogP contribution in [0, 0.1) is 5.41 Å². The van der Waals surface area contributed by atoms with Gasteiger partial charge in [0.15, 0.2) is 15.5 Å². The van der Waals surface area contributed by atoms with Gasteiger partial charge < -0.3 is 11.5 Å². The first-order valence-electron chi connectivity index (χ1n) is 13.6. The van der Waals surface area contributed by atoms with Gasteiger partial charge in [0.1, 0.15) is 10.7 Å². The summed E-state index contributed by atoms with van der Waals surface area (Å²) < 4.78 is 28.9. The van der Waals surface area contributed by atoms with E-state index in [0.717, 1.165) is 30.4 Å². The highest BCUT2D eigenvalue weighted by molar-refractivity contribution is 7.91. The van der Waals surface area contributed by atoms with Crippen LogP contribution >= 0.6 is 0 Å². The summed E-state index contributed by atoms with van der Waals surface area (Å²) in [5.74, 6) is -0.423. The van der Waals surface area contributed by atoms with Crippen molar-refractivity contribution in [2.75, 3.05) is 12.0 Å². The topological polar surface area (TPSA) is 151 Å². The van der Waals surface area contributed by atoms with E-state index in [1.165, 1.54) is 4.52 Å². The molecule has 0 radical (unpaired) electrons. The SMILES string of the molecule is C/C=C\C(=C/C)n1cc(-c2cnn3c(N)c(S(C)(=O)=O)c(C4CCC(CCC)(C(N)=O)CC4)nc23)cn1.CC. The molecule has 0 spiro atoms. The Balaban J connectivity index is 0.00000205. The van der Waals surface area contributed by atoms with Crippen LogP contribution in [-0.2, 0) is 14.6 Å². The number of carbonyl (C=O) groups is 1. The number of aromatic nitrogens is 5. The van der Waals surface area contributed by atoms with Crippen molar-refractivity contribution in [3.05, 3.63) is 42.5 Å². The summed E-state index contributed by atoms with van der Waals surface area (Å²) in [4.78, 5) is 17.2. The van der Waals surface area contributed by atoms with Crippen LogP contribution in [0.15, 0.2) is 41.7 Å². The molecule has 4 rings (SSSR count). The maximum atomic E-state index is 12.9. The number of rotatable bonds is 8. The van der Waals surface area contributed by atoms with E-state index in [9.17, 15) is 13.2 Å². The second-order valence-corrected chi connectivity index (χ2v) is 11.8. The molecule has 4 N–H and O–H groups in total. The molecule has 1 amide bonds. The van der Waals surface area contributed by atoms with Crippen LogP contribution in [0.1, 0.15) is 84.8 Å². The second kappa shape index (κ2) is 12.1. The molecule has 1 aliphatic carbocycles. The van der Waals surface area contributed by atoms with Crippen LogP contribution in [0.2, 0.25) is 0 Å². The first-order valence-corrected chi connectivity index (χ1v) is 15.5. The molecule has 0 bridgehead atoms. The normalized spacial score (nSPS) is 20.3. The molecule has 0 unspecified atom stereocenters. The number of nitrogens with two attached hydrogens (primary N) is 2. The maximum absolute atomic E-state index is 12.9. The summed E-state index contributed by atoms with van der Waals surface area (Å²) in [6.45, 7) is 9.91. The fourth-order valence-corrected chi connectivity index (χ4v) is 6.56. The standard InChI is InChI=1S/C26H35N7O3S.C2H6/c1-5-8-19(7-3)32-16-18(14-29-32)20-15-30-33-23(27)22(37(4,35)36)21(31-24(20)33)17-9-12-26(11-6-2,13-10-17)25(28)34;1-2/h5,7-8,14-17H,6,9-13,27H2,1-4H3,(H2,28,34);1-2H3/b8-5-,19-7+;. The Bertz CT molecular complexity index is 1490. The average molecular weight is 556 g/mol. The van der Waals surface area contributed by atoms with Gasteiger partial charge in [-0.05, 0) is 52.0 Å². The predicted octanol–water partition coefficient (Wildman–Crippen LogP) is 4.97. The summed E-state index contributed by atoms with van der Waals surface area (Å²) in [5.41, 5.74) is 15.0. The van der Waals surface area contributed by atoms with Crippen molar-refractivity contribution < 1.29 is 13.2 Å². The van der Waals surface area contributed by atoms with Gasteiger partial charge in [-0.3, -0.25) is 4.79 Å². The van der Waals surface area contributed by atoms with Gasteiger partial charge in [-0.1, -0.05) is 39.3 Å². The van der Waals surface area contributed by atoms with Crippen molar-refractivity contribution >= 4 is 32.9 Å². The lowest BCUT2D eigenvalue weighted by atomic mass is 9.67. The molecule has 11 heteroatoms. The van der Waals surface area contributed by atoms with Crippen molar-refractivity contribution in [2.24, 2.45) is 11.1 Å². The summed E-state index contributed by atoms with van der Waals surface area (Å²) in [5, 5.41) is 8.85. The Morgan fingerprint density at radius 2 is 1.85 bits per heavy atom. The molecule has 0 aromatic carbocycles. The highest BCUT2D eigenvalue weighted by Crippen LogP contribution is 2.47. The number of nitrogen functional groups attached to an aromatic ring is 1. The Morgan fingerprint density at radius 3 is 2.38 bits per heavy atom. The molecular formula is C28H41N7O3S. The highest BCUT2D eigenvalue weighted by atomic mass is 32.2. The van der Waals surface area contributed by atoms with E-state index in [0.29, 0.717) is 42.6 Å².